The second kappa shape index (κ2) is 5.29. The predicted molar refractivity (Wildman–Crippen MR) is 79.7 cm³/mol. The Bertz CT molecular complexity index is 691. The molecule has 6 heteroatoms. The smallest absolute Gasteiger partial charge is 0.294 e. The molecule has 1 aliphatic heterocycles. The summed E-state index contributed by atoms with van der Waals surface area (Å²) in [4.78, 5) is 10.9. The third kappa shape index (κ3) is 2.31. The Hall–Kier alpha value is -2.21. The molecule has 1 aliphatic rings. The molecule has 2 heterocycles. The molecule has 110 valence electrons. The summed E-state index contributed by atoms with van der Waals surface area (Å²) in [5.74, 6) is 0.294. The molecule has 6 nitrogen and oxygen atoms in total. The van der Waals surface area contributed by atoms with Crippen LogP contribution < -0.4 is 5.32 Å². The highest BCUT2D eigenvalue weighted by Crippen LogP contribution is 2.30. The molecule has 0 aliphatic carbocycles. The van der Waals surface area contributed by atoms with E-state index < -0.39 is 0 Å². The first kappa shape index (κ1) is 13.8. The molecule has 0 amide bonds. The number of nitrogens with one attached hydrogen (secondary N) is 1. The molecule has 0 spiro atoms. The van der Waals surface area contributed by atoms with Crippen LogP contribution in [-0.2, 0) is 13.0 Å². The zero-order valence-electron chi connectivity index (χ0n) is 12.2. The molecule has 0 atom stereocenters. The van der Waals surface area contributed by atoms with Gasteiger partial charge in [-0.25, -0.2) is 4.68 Å². The fraction of sp³-hybridized carbons (Fsp3) is 0.400. The lowest BCUT2D eigenvalue weighted by Gasteiger charge is -2.16. The van der Waals surface area contributed by atoms with Gasteiger partial charge in [0.15, 0.2) is 0 Å². The molecule has 0 radical (unpaired) electrons. The van der Waals surface area contributed by atoms with E-state index in [0.29, 0.717) is 11.6 Å². The van der Waals surface area contributed by atoms with Crippen LogP contribution in [0.15, 0.2) is 24.3 Å². The molecule has 0 unspecified atom stereocenters. The topological polar surface area (TPSA) is 73.0 Å². The van der Waals surface area contributed by atoms with E-state index in [1.807, 2.05) is 6.07 Å². The average molecular weight is 286 g/mol. The Morgan fingerprint density at radius 2 is 2.14 bits per heavy atom. The lowest BCUT2D eigenvalue weighted by Crippen LogP contribution is -2.25. The first-order chi connectivity index (χ1) is 10.1. The van der Waals surface area contributed by atoms with Crippen molar-refractivity contribution in [3.63, 3.8) is 0 Å². The highest BCUT2D eigenvalue weighted by Gasteiger charge is 2.25. The second-order valence-corrected chi connectivity index (χ2v) is 5.55. The zero-order chi connectivity index (χ0) is 15.0. The van der Waals surface area contributed by atoms with Crippen molar-refractivity contribution >= 4 is 5.69 Å². The molecule has 1 N–H and O–H groups in total. The summed E-state index contributed by atoms with van der Waals surface area (Å²) in [7, 11) is 0. The number of benzene rings is 1. The molecule has 0 bridgehead atoms. The second-order valence-electron chi connectivity index (χ2n) is 5.55. The summed E-state index contributed by atoms with van der Waals surface area (Å²) in [6.45, 7) is 5.85. The van der Waals surface area contributed by atoms with Crippen LogP contribution in [0.1, 0.15) is 36.7 Å². The molecular weight excluding hydrogens is 268 g/mol. The van der Waals surface area contributed by atoms with E-state index in [4.69, 9.17) is 0 Å². The van der Waals surface area contributed by atoms with Crippen molar-refractivity contribution in [3.8, 4) is 5.69 Å². The maximum Gasteiger partial charge on any atom is 0.294 e. The van der Waals surface area contributed by atoms with Gasteiger partial charge in [-0.05, 0) is 12.0 Å². The van der Waals surface area contributed by atoms with Crippen LogP contribution in [0.25, 0.3) is 5.69 Å². The van der Waals surface area contributed by atoms with Gasteiger partial charge in [-0.3, -0.25) is 10.1 Å². The Morgan fingerprint density at radius 3 is 2.86 bits per heavy atom. The normalized spacial score (nSPS) is 14.2. The number of aromatic nitrogens is 2. The van der Waals surface area contributed by atoms with Crippen molar-refractivity contribution in [1.82, 2.24) is 15.1 Å². The molecule has 3 rings (SSSR count). The maximum atomic E-state index is 11.3. The minimum Gasteiger partial charge on any atom is -0.312 e. The Balaban J connectivity index is 2.22. The summed E-state index contributed by atoms with van der Waals surface area (Å²) < 4.78 is 1.77. The van der Waals surface area contributed by atoms with Gasteiger partial charge < -0.3 is 5.32 Å². The van der Waals surface area contributed by atoms with Crippen LogP contribution in [0.2, 0.25) is 0 Å². The fourth-order valence-corrected chi connectivity index (χ4v) is 2.83. The number of nitro benzene ring substituents is 1. The third-order valence-corrected chi connectivity index (χ3v) is 3.81. The maximum absolute atomic E-state index is 11.3. The van der Waals surface area contributed by atoms with Gasteiger partial charge >= 0.3 is 0 Å². The lowest BCUT2D eigenvalue weighted by molar-refractivity contribution is -0.384. The van der Waals surface area contributed by atoms with Crippen molar-refractivity contribution < 1.29 is 4.92 Å². The quantitative estimate of drug-likeness (QED) is 0.695. The molecule has 0 saturated heterocycles. The van der Waals surface area contributed by atoms with Crippen molar-refractivity contribution in [3.05, 3.63) is 51.3 Å². The van der Waals surface area contributed by atoms with E-state index in [-0.39, 0.29) is 10.6 Å². The number of nitrogens with zero attached hydrogens (tertiary/aromatic N) is 3. The number of hydrogen-bond acceptors (Lipinski definition) is 4. The summed E-state index contributed by atoms with van der Waals surface area (Å²) >= 11 is 0. The van der Waals surface area contributed by atoms with Gasteiger partial charge in [0.2, 0.25) is 0 Å². The Morgan fingerprint density at radius 1 is 1.38 bits per heavy atom. The van der Waals surface area contributed by atoms with Crippen LogP contribution in [0, 0.1) is 10.1 Å². The van der Waals surface area contributed by atoms with Gasteiger partial charge in [-0.2, -0.15) is 5.10 Å². The van der Waals surface area contributed by atoms with Crippen molar-refractivity contribution in [2.75, 3.05) is 6.54 Å². The Labute approximate surface area is 122 Å². The van der Waals surface area contributed by atoms with Gasteiger partial charge in [-0.15, -0.1) is 0 Å². The minimum absolute atomic E-state index is 0.0941. The van der Waals surface area contributed by atoms with Gasteiger partial charge in [0, 0.05) is 31.1 Å². The third-order valence-electron chi connectivity index (χ3n) is 3.81. The van der Waals surface area contributed by atoms with Crippen LogP contribution in [-0.4, -0.2) is 21.2 Å². The summed E-state index contributed by atoms with van der Waals surface area (Å²) in [6, 6.07) is 6.78. The van der Waals surface area contributed by atoms with Gasteiger partial charge in [0.25, 0.3) is 5.69 Å². The Kier molecular flexibility index (Phi) is 3.47. The zero-order valence-corrected chi connectivity index (χ0v) is 12.2. The van der Waals surface area contributed by atoms with E-state index in [1.54, 1.807) is 16.8 Å². The fourth-order valence-electron chi connectivity index (χ4n) is 2.83. The molecule has 0 saturated carbocycles. The van der Waals surface area contributed by atoms with Gasteiger partial charge in [-0.1, -0.05) is 26.0 Å². The van der Waals surface area contributed by atoms with E-state index >= 15 is 0 Å². The highest BCUT2D eigenvalue weighted by atomic mass is 16.6. The number of fused-ring (bicyclic) bond motifs is 1. The molecule has 1 aromatic carbocycles. The first-order valence-electron chi connectivity index (χ1n) is 7.14. The van der Waals surface area contributed by atoms with Crippen LogP contribution in [0.3, 0.4) is 0 Å². The molecular formula is C15H18N4O2. The predicted octanol–water partition coefficient (Wildman–Crippen LogP) is 2.55. The van der Waals surface area contributed by atoms with Crippen LogP contribution >= 0.6 is 0 Å². The van der Waals surface area contributed by atoms with Gasteiger partial charge in [0.1, 0.15) is 5.69 Å². The number of nitro groups is 1. The van der Waals surface area contributed by atoms with E-state index in [1.165, 1.54) is 11.6 Å². The van der Waals surface area contributed by atoms with E-state index in [2.05, 4.69) is 24.3 Å². The SMILES string of the molecule is CC(C)c1nn(-c2ccccc2[N+](=O)[O-])c2c1CNCC2. The molecule has 21 heavy (non-hydrogen) atoms. The van der Waals surface area contributed by atoms with Crippen LogP contribution in [0.5, 0.6) is 0 Å². The lowest BCUT2D eigenvalue weighted by atomic mass is 10.0. The molecule has 1 aromatic heterocycles. The minimum atomic E-state index is -0.348. The average Bonchev–Trinajstić information content (AvgIpc) is 2.87. The summed E-state index contributed by atoms with van der Waals surface area (Å²) in [5, 5.41) is 19.3. The number of hydrogen-bond donors (Lipinski definition) is 1. The van der Waals surface area contributed by atoms with Crippen molar-refractivity contribution in [1.29, 1.82) is 0 Å². The van der Waals surface area contributed by atoms with Gasteiger partial charge in [0.05, 0.1) is 16.3 Å². The monoisotopic (exact) mass is 286 g/mol. The standard InChI is InChI=1S/C15H18N4O2/c1-10(2)15-11-9-16-8-7-12(11)18(17-15)13-5-3-4-6-14(13)19(20)21/h3-6,10,16H,7-9H2,1-2H3. The molecule has 0 fully saturated rings. The van der Waals surface area contributed by atoms with Crippen molar-refractivity contribution in [2.24, 2.45) is 0 Å². The highest BCUT2D eigenvalue weighted by molar-refractivity contribution is 5.53. The largest absolute Gasteiger partial charge is 0.312 e. The van der Waals surface area contributed by atoms with E-state index in [9.17, 15) is 10.1 Å². The number of para-hydroxylation sites is 2. The summed E-state index contributed by atoms with van der Waals surface area (Å²) in [6.07, 6.45) is 0.834. The van der Waals surface area contributed by atoms with E-state index in [0.717, 1.165) is 30.9 Å². The number of rotatable bonds is 3. The summed E-state index contributed by atoms with van der Waals surface area (Å²) in [5.41, 5.74) is 3.95. The molecule has 2 aromatic rings. The van der Waals surface area contributed by atoms with Crippen molar-refractivity contribution in [2.45, 2.75) is 32.7 Å². The van der Waals surface area contributed by atoms with Crippen LogP contribution in [0.4, 0.5) is 5.69 Å². The first-order valence-corrected chi connectivity index (χ1v) is 7.14.